The lowest BCUT2D eigenvalue weighted by Gasteiger charge is -2.02. The maximum Gasteiger partial charge on any atom is 0.230 e. The van der Waals surface area contributed by atoms with Gasteiger partial charge < -0.3 is 0 Å². The summed E-state index contributed by atoms with van der Waals surface area (Å²) in [4.78, 5) is 20.7. The summed E-state index contributed by atoms with van der Waals surface area (Å²) >= 11 is 7.41. The van der Waals surface area contributed by atoms with Gasteiger partial charge in [0, 0.05) is 17.5 Å². The van der Waals surface area contributed by atoms with Crippen molar-refractivity contribution in [1.82, 2.24) is 9.97 Å². The Morgan fingerprint density at radius 3 is 3.06 bits per heavy atom. The molecule has 0 spiro atoms. The molecule has 0 unspecified atom stereocenters. The second kappa shape index (κ2) is 6.47. The van der Waals surface area contributed by atoms with Crippen molar-refractivity contribution in [3.63, 3.8) is 0 Å². The maximum absolute atomic E-state index is 11.6. The van der Waals surface area contributed by atoms with Crippen molar-refractivity contribution in [2.24, 2.45) is 0 Å². The SMILES string of the molecule is O=C(CCCc1cccs1)Nc1nccc(Cl)n1. The molecule has 0 aliphatic rings. The van der Waals surface area contributed by atoms with Gasteiger partial charge in [0.15, 0.2) is 0 Å². The summed E-state index contributed by atoms with van der Waals surface area (Å²) in [6.07, 6.45) is 3.69. The van der Waals surface area contributed by atoms with Gasteiger partial charge in [-0.05, 0) is 30.4 Å². The highest BCUT2D eigenvalue weighted by Crippen LogP contribution is 2.12. The molecular weight excluding hydrogens is 270 g/mol. The minimum Gasteiger partial charge on any atom is -0.294 e. The molecule has 2 aromatic heterocycles. The van der Waals surface area contributed by atoms with Crippen molar-refractivity contribution in [2.75, 3.05) is 5.32 Å². The summed E-state index contributed by atoms with van der Waals surface area (Å²) in [5.74, 6) is 0.164. The average Bonchev–Trinajstić information content (AvgIpc) is 2.82. The fourth-order valence-corrected chi connectivity index (χ4v) is 2.35. The Balaban J connectivity index is 1.75. The first-order valence-electron chi connectivity index (χ1n) is 5.55. The van der Waals surface area contributed by atoms with E-state index in [1.807, 2.05) is 11.4 Å². The number of aromatic nitrogens is 2. The molecule has 0 radical (unpaired) electrons. The van der Waals surface area contributed by atoms with Crippen molar-refractivity contribution < 1.29 is 4.79 Å². The number of nitrogens with one attached hydrogen (secondary N) is 1. The third kappa shape index (κ3) is 4.09. The summed E-state index contributed by atoms with van der Waals surface area (Å²) in [6, 6.07) is 5.65. The summed E-state index contributed by atoms with van der Waals surface area (Å²) < 4.78 is 0. The van der Waals surface area contributed by atoms with E-state index in [0.29, 0.717) is 11.6 Å². The average molecular weight is 282 g/mol. The number of halogens is 1. The largest absolute Gasteiger partial charge is 0.294 e. The maximum atomic E-state index is 11.6. The zero-order valence-electron chi connectivity index (χ0n) is 9.60. The van der Waals surface area contributed by atoms with Gasteiger partial charge in [0.1, 0.15) is 5.15 Å². The molecule has 4 nitrogen and oxygen atoms in total. The van der Waals surface area contributed by atoms with Gasteiger partial charge in [-0.2, -0.15) is 0 Å². The Kier molecular flexibility index (Phi) is 4.66. The van der Waals surface area contributed by atoms with E-state index in [-0.39, 0.29) is 11.9 Å². The van der Waals surface area contributed by atoms with Crippen LogP contribution in [0.1, 0.15) is 17.7 Å². The molecule has 1 N–H and O–H groups in total. The molecule has 94 valence electrons. The second-order valence-electron chi connectivity index (χ2n) is 3.68. The van der Waals surface area contributed by atoms with Crippen LogP contribution < -0.4 is 5.32 Å². The number of hydrogen-bond acceptors (Lipinski definition) is 4. The number of thiophene rings is 1. The molecule has 0 fully saturated rings. The van der Waals surface area contributed by atoms with Crippen LogP contribution in [0.15, 0.2) is 29.8 Å². The topological polar surface area (TPSA) is 54.9 Å². The van der Waals surface area contributed by atoms with Gasteiger partial charge in [-0.1, -0.05) is 17.7 Å². The molecule has 0 bridgehead atoms. The molecule has 0 aliphatic heterocycles. The Morgan fingerprint density at radius 2 is 2.33 bits per heavy atom. The molecule has 0 atom stereocenters. The summed E-state index contributed by atoms with van der Waals surface area (Å²) in [6.45, 7) is 0. The van der Waals surface area contributed by atoms with Gasteiger partial charge in [0.25, 0.3) is 0 Å². The van der Waals surface area contributed by atoms with Crippen molar-refractivity contribution in [3.05, 3.63) is 39.8 Å². The normalized spacial score (nSPS) is 10.3. The van der Waals surface area contributed by atoms with E-state index >= 15 is 0 Å². The van der Waals surface area contributed by atoms with Gasteiger partial charge in [-0.3, -0.25) is 10.1 Å². The number of hydrogen-bond donors (Lipinski definition) is 1. The van der Waals surface area contributed by atoms with Gasteiger partial charge in [0.05, 0.1) is 0 Å². The molecular formula is C12H12ClN3OS. The lowest BCUT2D eigenvalue weighted by atomic mass is 10.2. The molecule has 18 heavy (non-hydrogen) atoms. The zero-order chi connectivity index (χ0) is 12.8. The highest BCUT2D eigenvalue weighted by molar-refractivity contribution is 7.09. The van der Waals surface area contributed by atoms with Crippen molar-refractivity contribution >= 4 is 34.8 Å². The van der Waals surface area contributed by atoms with Crippen LogP contribution in [0.25, 0.3) is 0 Å². The van der Waals surface area contributed by atoms with E-state index in [9.17, 15) is 4.79 Å². The minimum atomic E-state index is -0.0891. The Hall–Kier alpha value is -1.46. The van der Waals surface area contributed by atoms with Crippen LogP contribution in [0.3, 0.4) is 0 Å². The molecule has 2 rings (SSSR count). The van der Waals surface area contributed by atoms with Crippen molar-refractivity contribution in [1.29, 1.82) is 0 Å². The molecule has 2 aromatic rings. The lowest BCUT2D eigenvalue weighted by molar-refractivity contribution is -0.116. The van der Waals surface area contributed by atoms with E-state index < -0.39 is 0 Å². The first kappa shape index (κ1) is 13.0. The summed E-state index contributed by atoms with van der Waals surface area (Å²) in [7, 11) is 0. The summed E-state index contributed by atoms with van der Waals surface area (Å²) in [5, 5.41) is 4.98. The van der Waals surface area contributed by atoms with E-state index in [4.69, 9.17) is 11.6 Å². The van der Waals surface area contributed by atoms with Crippen molar-refractivity contribution in [2.45, 2.75) is 19.3 Å². The van der Waals surface area contributed by atoms with E-state index in [1.165, 1.54) is 11.1 Å². The number of nitrogens with zero attached hydrogens (tertiary/aromatic N) is 2. The number of aryl methyl sites for hydroxylation is 1. The Morgan fingerprint density at radius 1 is 1.44 bits per heavy atom. The molecule has 6 heteroatoms. The van der Waals surface area contributed by atoms with Crippen LogP contribution in [0.4, 0.5) is 5.95 Å². The van der Waals surface area contributed by atoms with Crippen LogP contribution in [-0.4, -0.2) is 15.9 Å². The number of rotatable bonds is 5. The highest BCUT2D eigenvalue weighted by atomic mass is 35.5. The molecule has 2 heterocycles. The quantitative estimate of drug-likeness (QED) is 0.857. The predicted molar refractivity (Wildman–Crippen MR) is 72.9 cm³/mol. The molecule has 0 saturated carbocycles. The first-order chi connectivity index (χ1) is 8.74. The standard InChI is InChI=1S/C12H12ClN3OS/c13-10-6-7-14-12(15-10)16-11(17)5-1-3-9-4-2-8-18-9/h2,4,6-8H,1,3,5H2,(H,14,15,16,17). The molecule has 0 saturated heterocycles. The summed E-state index contributed by atoms with van der Waals surface area (Å²) in [5.41, 5.74) is 0. The fourth-order valence-electron chi connectivity index (χ4n) is 1.46. The lowest BCUT2D eigenvalue weighted by Crippen LogP contribution is -2.13. The van der Waals surface area contributed by atoms with Crippen LogP contribution in [-0.2, 0) is 11.2 Å². The second-order valence-corrected chi connectivity index (χ2v) is 5.10. The van der Waals surface area contributed by atoms with Crippen molar-refractivity contribution in [3.8, 4) is 0 Å². The number of amides is 1. The fraction of sp³-hybridized carbons (Fsp3) is 0.250. The molecule has 1 amide bonds. The molecule has 0 aliphatic carbocycles. The first-order valence-corrected chi connectivity index (χ1v) is 6.80. The van der Waals surface area contributed by atoms with Gasteiger partial charge in [-0.15, -0.1) is 11.3 Å². The Labute approximate surface area is 114 Å². The van der Waals surface area contributed by atoms with Crippen LogP contribution >= 0.6 is 22.9 Å². The van der Waals surface area contributed by atoms with E-state index in [1.54, 1.807) is 17.4 Å². The molecule has 0 aromatic carbocycles. The smallest absolute Gasteiger partial charge is 0.230 e. The third-order valence-electron chi connectivity index (χ3n) is 2.28. The van der Waals surface area contributed by atoms with E-state index in [0.717, 1.165) is 12.8 Å². The predicted octanol–water partition coefficient (Wildman–Crippen LogP) is 3.15. The van der Waals surface area contributed by atoms with Gasteiger partial charge in [-0.25, -0.2) is 9.97 Å². The number of carbonyl (C=O) groups excluding carboxylic acids is 1. The van der Waals surface area contributed by atoms with Gasteiger partial charge >= 0.3 is 0 Å². The third-order valence-corrected chi connectivity index (χ3v) is 3.43. The van der Waals surface area contributed by atoms with Crippen LogP contribution in [0.2, 0.25) is 5.15 Å². The number of carbonyl (C=O) groups is 1. The van der Waals surface area contributed by atoms with Gasteiger partial charge in [0.2, 0.25) is 11.9 Å². The zero-order valence-corrected chi connectivity index (χ0v) is 11.2. The van der Waals surface area contributed by atoms with Crippen LogP contribution in [0, 0.1) is 0 Å². The Bertz CT molecular complexity index is 516. The monoisotopic (exact) mass is 281 g/mol. The highest BCUT2D eigenvalue weighted by Gasteiger charge is 2.05. The number of anilines is 1. The van der Waals surface area contributed by atoms with Crippen LogP contribution in [0.5, 0.6) is 0 Å². The minimum absolute atomic E-state index is 0.0891. The van der Waals surface area contributed by atoms with E-state index in [2.05, 4.69) is 21.4 Å².